The zero-order valence-electron chi connectivity index (χ0n) is 15.8. The number of benzene rings is 1. The Bertz CT molecular complexity index is 536. The summed E-state index contributed by atoms with van der Waals surface area (Å²) >= 11 is 0. The molecule has 1 saturated heterocycles. The molecule has 1 aromatic rings. The maximum absolute atomic E-state index is 5.49. The Morgan fingerprint density at radius 2 is 2.12 bits per heavy atom. The average Bonchev–Trinajstić information content (AvgIpc) is 3.12. The molecule has 1 heterocycles. The molecular formula is C19H32N4O2. The minimum atomic E-state index is 0.569. The minimum Gasteiger partial charge on any atom is -0.495 e. The van der Waals surface area contributed by atoms with Crippen LogP contribution in [0.25, 0.3) is 0 Å². The monoisotopic (exact) mass is 348 g/mol. The lowest BCUT2D eigenvalue weighted by molar-refractivity contribution is 0.195. The molecule has 0 aromatic heterocycles. The lowest BCUT2D eigenvalue weighted by Gasteiger charge is -2.21. The van der Waals surface area contributed by atoms with Gasteiger partial charge >= 0.3 is 0 Å². The van der Waals surface area contributed by atoms with Crippen LogP contribution in [0.5, 0.6) is 5.75 Å². The molecule has 1 unspecified atom stereocenters. The molecule has 6 nitrogen and oxygen atoms in total. The number of nitrogens with zero attached hydrogens (tertiary/aromatic N) is 2. The number of rotatable bonds is 9. The van der Waals surface area contributed by atoms with Gasteiger partial charge in [0.2, 0.25) is 0 Å². The van der Waals surface area contributed by atoms with E-state index in [0.717, 1.165) is 63.9 Å². The molecule has 6 heteroatoms. The molecule has 1 aliphatic heterocycles. The fourth-order valence-electron chi connectivity index (χ4n) is 3.08. The Morgan fingerprint density at radius 1 is 1.28 bits per heavy atom. The van der Waals surface area contributed by atoms with Gasteiger partial charge < -0.3 is 25.0 Å². The number of hydrogen-bond donors (Lipinski definition) is 2. The predicted molar refractivity (Wildman–Crippen MR) is 104 cm³/mol. The third-order valence-electron chi connectivity index (χ3n) is 4.38. The number of para-hydroxylation sites is 2. The first-order chi connectivity index (χ1) is 12.3. The molecule has 1 atom stereocenters. The van der Waals surface area contributed by atoms with Gasteiger partial charge in [-0.25, -0.2) is 0 Å². The molecule has 0 spiro atoms. The Balaban J connectivity index is 1.85. The van der Waals surface area contributed by atoms with Crippen molar-refractivity contribution in [2.24, 2.45) is 10.9 Å². The Labute approximate surface area is 151 Å². The van der Waals surface area contributed by atoms with E-state index >= 15 is 0 Å². The van der Waals surface area contributed by atoms with Crippen molar-refractivity contribution in [3.05, 3.63) is 24.3 Å². The van der Waals surface area contributed by atoms with Crippen molar-refractivity contribution in [3.8, 4) is 5.75 Å². The minimum absolute atomic E-state index is 0.569. The third kappa shape index (κ3) is 6.12. The molecule has 0 bridgehead atoms. The van der Waals surface area contributed by atoms with E-state index in [1.807, 2.05) is 12.1 Å². The van der Waals surface area contributed by atoms with Crippen molar-refractivity contribution >= 4 is 11.6 Å². The molecule has 0 saturated carbocycles. The Hall–Kier alpha value is -1.95. The molecule has 25 heavy (non-hydrogen) atoms. The Kier molecular flexibility index (Phi) is 8.39. The maximum atomic E-state index is 5.49. The van der Waals surface area contributed by atoms with Gasteiger partial charge in [-0.15, -0.1) is 0 Å². The fraction of sp³-hybridized carbons (Fsp3) is 0.632. The smallest absolute Gasteiger partial charge is 0.191 e. The van der Waals surface area contributed by atoms with Crippen LogP contribution in [0.2, 0.25) is 0 Å². The summed E-state index contributed by atoms with van der Waals surface area (Å²) in [7, 11) is 3.46. The van der Waals surface area contributed by atoms with E-state index in [4.69, 9.17) is 14.5 Å². The predicted octanol–water partition coefficient (Wildman–Crippen LogP) is 2.11. The van der Waals surface area contributed by atoms with E-state index in [-0.39, 0.29) is 0 Å². The highest BCUT2D eigenvalue weighted by molar-refractivity contribution is 5.79. The first kappa shape index (κ1) is 19.4. The number of guanidine groups is 1. The third-order valence-corrected chi connectivity index (χ3v) is 4.38. The van der Waals surface area contributed by atoms with Crippen LogP contribution in [-0.4, -0.2) is 59.5 Å². The molecule has 1 aromatic carbocycles. The van der Waals surface area contributed by atoms with Crippen LogP contribution in [0.1, 0.15) is 19.8 Å². The first-order valence-corrected chi connectivity index (χ1v) is 9.17. The first-order valence-electron chi connectivity index (χ1n) is 9.17. The summed E-state index contributed by atoms with van der Waals surface area (Å²) in [6.07, 6.45) is 2.14. The summed E-state index contributed by atoms with van der Waals surface area (Å²) < 4.78 is 10.6. The van der Waals surface area contributed by atoms with Gasteiger partial charge in [-0.05, 0) is 37.8 Å². The van der Waals surface area contributed by atoms with Crippen LogP contribution in [0.15, 0.2) is 29.3 Å². The van der Waals surface area contributed by atoms with Gasteiger partial charge in [-0.1, -0.05) is 12.1 Å². The van der Waals surface area contributed by atoms with Crippen LogP contribution >= 0.6 is 0 Å². The second kappa shape index (κ2) is 10.8. The van der Waals surface area contributed by atoms with Crippen molar-refractivity contribution < 1.29 is 9.47 Å². The van der Waals surface area contributed by atoms with Crippen molar-refractivity contribution in [1.82, 2.24) is 10.6 Å². The molecule has 140 valence electrons. The zero-order valence-corrected chi connectivity index (χ0v) is 15.8. The Morgan fingerprint density at radius 3 is 2.88 bits per heavy atom. The van der Waals surface area contributed by atoms with E-state index in [9.17, 15) is 0 Å². The maximum Gasteiger partial charge on any atom is 0.191 e. The molecule has 2 rings (SSSR count). The lowest BCUT2D eigenvalue weighted by atomic mass is 10.1. The normalized spacial score (nSPS) is 17.6. The van der Waals surface area contributed by atoms with Gasteiger partial charge in [-0.3, -0.25) is 4.99 Å². The van der Waals surface area contributed by atoms with Crippen LogP contribution in [0, 0.1) is 5.92 Å². The van der Waals surface area contributed by atoms with E-state index < -0.39 is 0 Å². The van der Waals surface area contributed by atoms with Gasteiger partial charge in [0.25, 0.3) is 0 Å². The SMILES string of the molecule is CCNC(=NCC1CCN(c2ccccc2OC)C1)NCCCOC. The van der Waals surface area contributed by atoms with Crippen LogP contribution in [0.4, 0.5) is 5.69 Å². The van der Waals surface area contributed by atoms with E-state index in [2.05, 4.69) is 34.6 Å². The van der Waals surface area contributed by atoms with Gasteiger partial charge in [0.05, 0.1) is 12.8 Å². The highest BCUT2D eigenvalue weighted by Crippen LogP contribution is 2.31. The number of hydrogen-bond acceptors (Lipinski definition) is 4. The van der Waals surface area contributed by atoms with E-state index in [0.29, 0.717) is 5.92 Å². The average molecular weight is 348 g/mol. The second-order valence-electron chi connectivity index (χ2n) is 6.27. The van der Waals surface area contributed by atoms with Crippen molar-refractivity contribution in [1.29, 1.82) is 0 Å². The number of aliphatic imine (C=N–C) groups is 1. The second-order valence-corrected chi connectivity index (χ2v) is 6.27. The highest BCUT2D eigenvalue weighted by atomic mass is 16.5. The number of ether oxygens (including phenoxy) is 2. The largest absolute Gasteiger partial charge is 0.495 e. The topological polar surface area (TPSA) is 58.1 Å². The van der Waals surface area contributed by atoms with Gasteiger partial charge in [0.1, 0.15) is 5.75 Å². The van der Waals surface area contributed by atoms with Crippen LogP contribution < -0.4 is 20.3 Å². The van der Waals surface area contributed by atoms with Crippen LogP contribution in [0.3, 0.4) is 0 Å². The summed E-state index contributed by atoms with van der Waals surface area (Å²) in [5.41, 5.74) is 1.18. The summed E-state index contributed by atoms with van der Waals surface area (Å²) in [4.78, 5) is 7.16. The molecule has 1 fully saturated rings. The highest BCUT2D eigenvalue weighted by Gasteiger charge is 2.24. The van der Waals surface area contributed by atoms with Crippen molar-refractivity contribution in [2.45, 2.75) is 19.8 Å². The molecule has 0 amide bonds. The molecular weight excluding hydrogens is 316 g/mol. The number of anilines is 1. The van der Waals surface area contributed by atoms with Gasteiger partial charge in [0.15, 0.2) is 5.96 Å². The van der Waals surface area contributed by atoms with Crippen LogP contribution in [-0.2, 0) is 4.74 Å². The molecule has 1 aliphatic rings. The quantitative estimate of drug-likeness (QED) is 0.407. The summed E-state index contributed by atoms with van der Waals surface area (Å²) in [5, 5.41) is 6.67. The summed E-state index contributed by atoms with van der Waals surface area (Å²) in [5.74, 6) is 2.41. The zero-order chi connectivity index (χ0) is 17.9. The van der Waals surface area contributed by atoms with Crippen molar-refractivity contribution in [3.63, 3.8) is 0 Å². The number of methoxy groups -OCH3 is 2. The lowest BCUT2D eigenvalue weighted by Crippen LogP contribution is -2.38. The summed E-state index contributed by atoms with van der Waals surface area (Å²) in [6, 6.07) is 8.23. The van der Waals surface area contributed by atoms with Crippen molar-refractivity contribution in [2.75, 3.05) is 58.5 Å². The fourth-order valence-corrected chi connectivity index (χ4v) is 3.08. The molecule has 2 N–H and O–H groups in total. The molecule has 0 radical (unpaired) electrons. The molecule has 0 aliphatic carbocycles. The van der Waals surface area contributed by atoms with Gasteiger partial charge in [0, 0.05) is 46.4 Å². The standard InChI is InChI=1S/C19H32N4O2/c1-4-20-19(21-11-7-13-24-2)22-14-16-10-12-23(15-16)17-8-5-6-9-18(17)25-3/h5-6,8-9,16H,4,7,10-15H2,1-3H3,(H2,20,21,22). The van der Waals surface area contributed by atoms with E-state index in [1.54, 1.807) is 14.2 Å². The summed E-state index contributed by atoms with van der Waals surface area (Å²) in [6.45, 7) is 7.51. The van der Waals surface area contributed by atoms with Gasteiger partial charge in [-0.2, -0.15) is 0 Å². The number of nitrogens with one attached hydrogen (secondary N) is 2. The van der Waals surface area contributed by atoms with E-state index in [1.165, 1.54) is 5.69 Å².